The smallest absolute Gasteiger partial charge is 0.326 e. The summed E-state index contributed by atoms with van der Waals surface area (Å²) in [5, 5.41) is 14.1. The van der Waals surface area contributed by atoms with E-state index in [0.29, 0.717) is 11.4 Å². The van der Waals surface area contributed by atoms with Crippen LogP contribution in [0.2, 0.25) is 0 Å². The van der Waals surface area contributed by atoms with Gasteiger partial charge in [0, 0.05) is 0 Å². The summed E-state index contributed by atoms with van der Waals surface area (Å²) in [6, 6.07) is 5.17. The number of carboxylic acids is 1. The Bertz CT molecular complexity index is 480. The molecular weight excluding hydrogens is 246 g/mol. The number of anilines is 2. The maximum Gasteiger partial charge on any atom is 0.326 e. The Kier molecular flexibility index (Phi) is 4.37. The first-order valence-electron chi connectivity index (χ1n) is 5.86. The summed E-state index contributed by atoms with van der Waals surface area (Å²) in [5.74, 6) is -1.08. The van der Waals surface area contributed by atoms with Crippen molar-refractivity contribution in [3.63, 3.8) is 0 Å². The lowest BCUT2D eigenvalue weighted by molar-refractivity contribution is -0.141. The molecule has 0 aromatic heterocycles. The molecule has 0 saturated heterocycles. The molecule has 0 fully saturated rings. The second-order valence-corrected chi connectivity index (χ2v) is 5.32. The molecule has 0 bridgehead atoms. The molecule has 0 heterocycles. The first-order chi connectivity index (χ1) is 8.71. The molecule has 1 aromatic carbocycles. The molecule has 1 unspecified atom stereocenters. The van der Waals surface area contributed by atoms with Crippen LogP contribution in [0.25, 0.3) is 0 Å². The average molecular weight is 265 g/mol. The Morgan fingerprint density at radius 3 is 2.32 bits per heavy atom. The van der Waals surface area contributed by atoms with Crippen LogP contribution in [0.5, 0.6) is 0 Å². The fraction of sp³-hybridized carbons (Fsp3) is 0.385. The average Bonchev–Trinajstić information content (AvgIpc) is 2.27. The first kappa shape index (κ1) is 14.8. The summed E-state index contributed by atoms with van der Waals surface area (Å²) < 4.78 is 0. The maximum atomic E-state index is 11.8. The van der Waals surface area contributed by atoms with Gasteiger partial charge in [-0.2, -0.15) is 0 Å². The van der Waals surface area contributed by atoms with Gasteiger partial charge in [-0.25, -0.2) is 9.59 Å². The highest BCUT2D eigenvalue weighted by molar-refractivity contribution is 5.94. The normalized spacial score (nSPS) is 12.6. The Balaban J connectivity index is 2.75. The number of amides is 2. The number of carbonyl (C=O) groups excluding carboxylic acids is 1. The molecule has 0 aliphatic carbocycles. The zero-order chi connectivity index (χ0) is 14.6. The highest BCUT2D eigenvalue weighted by atomic mass is 16.4. The number of carbonyl (C=O) groups is 2. The third-order valence-electron chi connectivity index (χ3n) is 2.60. The van der Waals surface area contributed by atoms with Crippen LogP contribution in [0, 0.1) is 5.41 Å². The Hall–Kier alpha value is -2.24. The lowest BCUT2D eigenvalue weighted by atomic mass is 9.87. The molecule has 0 radical (unpaired) electrons. The van der Waals surface area contributed by atoms with E-state index in [1.165, 1.54) is 0 Å². The summed E-state index contributed by atoms with van der Waals surface area (Å²) in [7, 11) is 0. The number of nitrogens with one attached hydrogen (secondary N) is 2. The molecule has 0 aliphatic heterocycles. The molecule has 104 valence electrons. The van der Waals surface area contributed by atoms with Crippen LogP contribution in [0.4, 0.5) is 16.2 Å². The number of hydrogen-bond donors (Lipinski definition) is 4. The zero-order valence-corrected chi connectivity index (χ0v) is 11.2. The second-order valence-electron chi connectivity index (χ2n) is 5.32. The third kappa shape index (κ3) is 4.17. The van der Waals surface area contributed by atoms with Crippen molar-refractivity contribution in [1.29, 1.82) is 0 Å². The van der Waals surface area contributed by atoms with Crippen molar-refractivity contribution in [3.05, 3.63) is 24.3 Å². The van der Waals surface area contributed by atoms with E-state index in [2.05, 4.69) is 10.6 Å². The second kappa shape index (κ2) is 5.60. The van der Waals surface area contributed by atoms with Gasteiger partial charge in [-0.15, -0.1) is 0 Å². The van der Waals surface area contributed by atoms with Crippen LogP contribution in [-0.4, -0.2) is 23.1 Å². The van der Waals surface area contributed by atoms with E-state index < -0.39 is 23.5 Å². The van der Waals surface area contributed by atoms with Crippen molar-refractivity contribution in [2.75, 3.05) is 11.1 Å². The van der Waals surface area contributed by atoms with Gasteiger partial charge in [0.15, 0.2) is 0 Å². The van der Waals surface area contributed by atoms with Crippen LogP contribution in [0.3, 0.4) is 0 Å². The number of aliphatic carboxylic acids is 1. The molecule has 0 saturated carbocycles. The Labute approximate surface area is 112 Å². The summed E-state index contributed by atoms with van der Waals surface area (Å²) in [4.78, 5) is 22.9. The molecular formula is C13H19N3O3. The van der Waals surface area contributed by atoms with Gasteiger partial charge < -0.3 is 21.5 Å². The van der Waals surface area contributed by atoms with Gasteiger partial charge in [-0.05, 0) is 17.5 Å². The van der Waals surface area contributed by atoms with Crippen molar-refractivity contribution in [2.24, 2.45) is 5.41 Å². The van der Waals surface area contributed by atoms with E-state index in [-0.39, 0.29) is 0 Å². The van der Waals surface area contributed by atoms with E-state index in [9.17, 15) is 9.59 Å². The summed E-state index contributed by atoms with van der Waals surface area (Å²) in [6.45, 7) is 5.22. The summed E-state index contributed by atoms with van der Waals surface area (Å²) >= 11 is 0. The fourth-order valence-corrected chi connectivity index (χ4v) is 1.55. The van der Waals surface area contributed by atoms with Gasteiger partial charge in [0.2, 0.25) is 0 Å². The standard InChI is InChI=1S/C13H19N3O3/c1-13(2,3)10(11(17)18)16-12(19)15-9-7-5-4-6-8(9)14/h4-7,10H,14H2,1-3H3,(H,17,18)(H2,15,16,19). The van der Waals surface area contributed by atoms with Crippen molar-refractivity contribution in [2.45, 2.75) is 26.8 Å². The van der Waals surface area contributed by atoms with E-state index in [4.69, 9.17) is 10.8 Å². The van der Waals surface area contributed by atoms with Gasteiger partial charge in [-0.1, -0.05) is 32.9 Å². The minimum atomic E-state index is -1.08. The molecule has 0 aliphatic rings. The minimum absolute atomic E-state index is 0.417. The monoisotopic (exact) mass is 265 g/mol. The van der Waals surface area contributed by atoms with Gasteiger partial charge in [-0.3, -0.25) is 0 Å². The van der Waals surface area contributed by atoms with Crippen molar-refractivity contribution in [1.82, 2.24) is 5.32 Å². The number of para-hydroxylation sites is 2. The quantitative estimate of drug-likeness (QED) is 0.626. The molecule has 1 aromatic rings. The number of carboxylic acid groups (broad SMARTS) is 1. The minimum Gasteiger partial charge on any atom is -0.480 e. The first-order valence-corrected chi connectivity index (χ1v) is 5.86. The van der Waals surface area contributed by atoms with Gasteiger partial charge in [0.1, 0.15) is 6.04 Å². The van der Waals surface area contributed by atoms with Gasteiger partial charge in [0.25, 0.3) is 0 Å². The molecule has 0 spiro atoms. The number of nitrogens with two attached hydrogens (primary N) is 1. The third-order valence-corrected chi connectivity index (χ3v) is 2.60. The van der Waals surface area contributed by atoms with Crippen LogP contribution in [0.1, 0.15) is 20.8 Å². The number of urea groups is 1. The highest BCUT2D eigenvalue weighted by Crippen LogP contribution is 2.20. The van der Waals surface area contributed by atoms with Crippen LogP contribution in [-0.2, 0) is 4.79 Å². The van der Waals surface area contributed by atoms with Gasteiger partial charge in [0.05, 0.1) is 11.4 Å². The molecule has 19 heavy (non-hydrogen) atoms. The SMILES string of the molecule is CC(C)(C)C(NC(=O)Nc1ccccc1N)C(=O)O. The van der Waals surface area contributed by atoms with Gasteiger partial charge >= 0.3 is 12.0 Å². The number of rotatable bonds is 3. The highest BCUT2D eigenvalue weighted by Gasteiger charge is 2.32. The largest absolute Gasteiger partial charge is 0.480 e. The Morgan fingerprint density at radius 1 is 1.26 bits per heavy atom. The molecule has 5 N–H and O–H groups in total. The van der Waals surface area contributed by atoms with Crippen molar-refractivity contribution < 1.29 is 14.7 Å². The Morgan fingerprint density at radius 2 is 1.84 bits per heavy atom. The molecule has 6 nitrogen and oxygen atoms in total. The predicted molar refractivity (Wildman–Crippen MR) is 73.9 cm³/mol. The topological polar surface area (TPSA) is 104 Å². The van der Waals surface area contributed by atoms with E-state index in [1.807, 2.05) is 0 Å². The maximum absolute atomic E-state index is 11.8. The zero-order valence-electron chi connectivity index (χ0n) is 11.2. The number of benzene rings is 1. The number of hydrogen-bond acceptors (Lipinski definition) is 3. The summed E-state index contributed by atoms with van der Waals surface area (Å²) in [5.41, 5.74) is 5.95. The predicted octanol–water partition coefficient (Wildman–Crippen LogP) is 1.89. The molecule has 6 heteroatoms. The number of nitrogen functional groups attached to an aromatic ring is 1. The van der Waals surface area contributed by atoms with Crippen LogP contribution in [0.15, 0.2) is 24.3 Å². The summed E-state index contributed by atoms with van der Waals surface area (Å²) in [6.07, 6.45) is 0. The lowest BCUT2D eigenvalue weighted by Crippen LogP contribution is -2.50. The fourth-order valence-electron chi connectivity index (χ4n) is 1.55. The van der Waals surface area contributed by atoms with Crippen LogP contribution < -0.4 is 16.4 Å². The van der Waals surface area contributed by atoms with Crippen molar-refractivity contribution >= 4 is 23.4 Å². The lowest BCUT2D eigenvalue weighted by Gasteiger charge is -2.27. The van der Waals surface area contributed by atoms with E-state index in [0.717, 1.165) is 0 Å². The molecule has 1 atom stereocenters. The molecule has 2 amide bonds. The van der Waals surface area contributed by atoms with E-state index >= 15 is 0 Å². The van der Waals surface area contributed by atoms with E-state index in [1.54, 1.807) is 45.0 Å². The van der Waals surface area contributed by atoms with Crippen LogP contribution >= 0.6 is 0 Å². The molecule has 1 rings (SSSR count). The van der Waals surface area contributed by atoms with Crippen molar-refractivity contribution in [3.8, 4) is 0 Å².